The van der Waals surface area contributed by atoms with Crippen LogP contribution in [0.2, 0.25) is 0 Å². The summed E-state index contributed by atoms with van der Waals surface area (Å²) in [6.07, 6.45) is -0.271. The Morgan fingerprint density at radius 1 is 1.22 bits per heavy atom. The van der Waals surface area contributed by atoms with Crippen molar-refractivity contribution < 1.29 is 18.7 Å². The summed E-state index contributed by atoms with van der Waals surface area (Å²) in [7, 11) is 1.45. The lowest BCUT2D eigenvalue weighted by atomic mass is 10.2. The summed E-state index contributed by atoms with van der Waals surface area (Å²) in [5, 5.41) is 0. The number of hydrogen-bond donors (Lipinski definition) is 0. The highest BCUT2D eigenvalue weighted by atomic mass is 19.1. The van der Waals surface area contributed by atoms with E-state index in [1.165, 1.54) is 13.2 Å². The molecule has 0 bridgehead atoms. The van der Waals surface area contributed by atoms with Crippen LogP contribution in [0.4, 0.5) is 9.18 Å². The molecule has 23 heavy (non-hydrogen) atoms. The number of nitrogens with zero attached hydrogens (tertiary/aromatic N) is 2. The van der Waals surface area contributed by atoms with E-state index in [2.05, 4.69) is 4.90 Å². The number of rotatable bonds is 3. The highest BCUT2D eigenvalue weighted by Crippen LogP contribution is 2.19. The minimum absolute atomic E-state index is 0.253. The van der Waals surface area contributed by atoms with Crippen LogP contribution in [-0.2, 0) is 11.3 Å². The monoisotopic (exact) mass is 324 g/mol. The summed E-state index contributed by atoms with van der Waals surface area (Å²) in [6.45, 7) is 8.96. The van der Waals surface area contributed by atoms with Gasteiger partial charge in [-0.05, 0) is 38.5 Å². The number of benzene rings is 1. The maximum atomic E-state index is 13.7. The van der Waals surface area contributed by atoms with Crippen LogP contribution < -0.4 is 4.74 Å². The van der Waals surface area contributed by atoms with Crippen LogP contribution in [0.5, 0.6) is 5.75 Å². The molecule has 6 heteroatoms. The molecular weight excluding hydrogens is 299 g/mol. The van der Waals surface area contributed by atoms with Gasteiger partial charge in [0.15, 0.2) is 11.6 Å². The highest BCUT2D eigenvalue weighted by Gasteiger charge is 2.25. The van der Waals surface area contributed by atoms with E-state index in [1.807, 2.05) is 26.8 Å². The van der Waals surface area contributed by atoms with Gasteiger partial charge in [-0.1, -0.05) is 6.07 Å². The standard InChI is InChI=1S/C17H25FN2O3/c1-17(2,3)23-16(21)20-9-7-19(8-10-20)12-13-5-6-15(22-4)14(18)11-13/h5-6,11H,7-10,12H2,1-4H3. The fourth-order valence-electron chi connectivity index (χ4n) is 2.48. The summed E-state index contributed by atoms with van der Waals surface area (Å²) < 4.78 is 24.0. The lowest BCUT2D eigenvalue weighted by Gasteiger charge is -2.35. The molecule has 2 rings (SSSR count). The van der Waals surface area contributed by atoms with E-state index in [-0.39, 0.29) is 17.7 Å². The quantitative estimate of drug-likeness (QED) is 0.857. The van der Waals surface area contributed by atoms with Crippen LogP contribution >= 0.6 is 0 Å². The smallest absolute Gasteiger partial charge is 0.410 e. The number of hydrogen-bond acceptors (Lipinski definition) is 4. The predicted molar refractivity (Wildman–Crippen MR) is 86.0 cm³/mol. The maximum Gasteiger partial charge on any atom is 0.410 e. The van der Waals surface area contributed by atoms with Crippen LogP contribution in [0, 0.1) is 5.82 Å². The second-order valence-electron chi connectivity index (χ2n) is 6.71. The molecule has 1 aromatic rings. The normalized spacial score (nSPS) is 16.3. The first-order valence-electron chi connectivity index (χ1n) is 7.81. The molecule has 0 unspecified atom stereocenters. The molecule has 1 aliphatic heterocycles. The molecule has 0 atom stereocenters. The molecule has 0 N–H and O–H groups in total. The van der Waals surface area contributed by atoms with Gasteiger partial charge in [-0.2, -0.15) is 0 Å². The van der Waals surface area contributed by atoms with Crippen molar-refractivity contribution in [3.05, 3.63) is 29.6 Å². The van der Waals surface area contributed by atoms with Gasteiger partial charge in [-0.15, -0.1) is 0 Å². The van der Waals surface area contributed by atoms with Crippen molar-refractivity contribution in [3.8, 4) is 5.75 Å². The number of carbonyl (C=O) groups excluding carboxylic acids is 1. The Labute approximate surface area is 137 Å². The lowest BCUT2D eigenvalue weighted by molar-refractivity contribution is 0.0139. The van der Waals surface area contributed by atoms with Crippen molar-refractivity contribution in [3.63, 3.8) is 0 Å². The number of amides is 1. The van der Waals surface area contributed by atoms with Crippen LogP contribution in [0.15, 0.2) is 18.2 Å². The number of ether oxygens (including phenoxy) is 2. The molecular formula is C17H25FN2O3. The lowest BCUT2D eigenvalue weighted by Crippen LogP contribution is -2.49. The van der Waals surface area contributed by atoms with Gasteiger partial charge in [0.05, 0.1) is 7.11 Å². The third-order valence-corrected chi connectivity index (χ3v) is 3.65. The molecule has 0 aromatic heterocycles. The molecule has 1 fully saturated rings. The summed E-state index contributed by atoms with van der Waals surface area (Å²) >= 11 is 0. The van der Waals surface area contributed by atoms with E-state index < -0.39 is 5.60 Å². The van der Waals surface area contributed by atoms with E-state index in [9.17, 15) is 9.18 Å². The molecule has 1 saturated heterocycles. The molecule has 0 spiro atoms. The number of carbonyl (C=O) groups is 1. The SMILES string of the molecule is COc1ccc(CN2CCN(C(=O)OC(C)(C)C)CC2)cc1F. The van der Waals surface area contributed by atoms with Crippen molar-refractivity contribution >= 4 is 6.09 Å². The van der Waals surface area contributed by atoms with Gasteiger partial charge >= 0.3 is 6.09 Å². The van der Waals surface area contributed by atoms with Crippen molar-refractivity contribution in [1.82, 2.24) is 9.80 Å². The summed E-state index contributed by atoms with van der Waals surface area (Å²) in [5.74, 6) is -0.0964. The molecule has 0 aliphatic carbocycles. The van der Waals surface area contributed by atoms with Gasteiger partial charge in [0.25, 0.3) is 0 Å². The first-order valence-corrected chi connectivity index (χ1v) is 7.81. The Balaban J connectivity index is 1.85. The van der Waals surface area contributed by atoms with Crippen LogP contribution in [0.3, 0.4) is 0 Å². The predicted octanol–water partition coefficient (Wildman–Crippen LogP) is 2.89. The zero-order valence-electron chi connectivity index (χ0n) is 14.3. The first-order chi connectivity index (χ1) is 10.8. The van der Waals surface area contributed by atoms with Crippen LogP contribution in [0.25, 0.3) is 0 Å². The first kappa shape index (κ1) is 17.5. The zero-order chi connectivity index (χ0) is 17.0. The third kappa shape index (κ3) is 5.10. The van der Waals surface area contributed by atoms with Gasteiger partial charge in [0.1, 0.15) is 5.60 Å². The van der Waals surface area contributed by atoms with Crippen LogP contribution in [0.1, 0.15) is 26.3 Å². The minimum Gasteiger partial charge on any atom is -0.494 e. The summed E-state index contributed by atoms with van der Waals surface area (Å²) in [4.78, 5) is 15.9. The molecule has 1 aliphatic rings. The topological polar surface area (TPSA) is 42.0 Å². The van der Waals surface area contributed by atoms with Crippen molar-refractivity contribution in [2.75, 3.05) is 33.3 Å². The second-order valence-corrected chi connectivity index (χ2v) is 6.71. The van der Waals surface area contributed by atoms with Gasteiger partial charge in [-0.3, -0.25) is 4.90 Å². The average molecular weight is 324 g/mol. The highest BCUT2D eigenvalue weighted by molar-refractivity contribution is 5.68. The second kappa shape index (κ2) is 7.17. The Morgan fingerprint density at radius 3 is 2.39 bits per heavy atom. The summed E-state index contributed by atoms with van der Waals surface area (Å²) in [5.41, 5.74) is 0.420. The van der Waals surface area contributed by atoms with E-state index in [4.69, 9.17) is 9.47 Å². The molecule has 1 aromatic carbocycles. The zero-order valence-corrected chi connectivity index (χ0v) is 14.3. The van der Waals surface area contributed by atoms with E-state index in [1.54, 1.807) is 11.0 Å². The number of piperazine rings is 1. The van der Waals surface area contributed by atoms with E-state index in [0.29, 0.717) is 19.6 Å². The molecule has 0 radical (unpaired) electrons. The van der Waals surface area contributed by atoms with Gasteiger partial charge in [-0.25, -0.2) is 9.18 Å². The van der Waals surface area contributed by atoms with Gasteiger partial charge < -0.3 is 14.4 Å². The third-order valence-electron chi connectivity index (χ3n) is 3.65. The van der Waals surface area contributed by atoms with Crippen molar-refractivity contribution in [1.29, 1.82) is 0 Å². The number of methoxy groups -OCH3 is 1. The molecule has 128 valence electrons. The average Bonchev–Trinajstić information content (AvgIpc) is 2.46. The summed E-state index contributed by atoms with van der Waals surface area (Å²) in [6, 6.07) is 5.00. The van der Waals surface area contributed by atoms with Gasteiger partial charge in [0.2, 0.25) is 0 Å². The Hall–Kier alpha value is -1.82. The Morgan fingerprint density at radius 2 is 1.87 bits per heavy atom. The maximum absolute atomic E-state index is 13.7. The van der Waals surface area contributed by atoms with Gasteiger partial charge in [0, 0.05) is 32.7 Å². The molecule has 0 saturated carbocycles. The fraction of sp³-hybridized carbons (Fsp3) is 0.588. The van der Waals surface area contributed by atoms with E-state index >= 15 is 0 Å². The molecule has 1 amide bonds. The molecule has 1 heterocycles. The Kier molecular flexibility index (Phi) is 5.46. The van der Waals surface area contributed by atoms with Crippen LogP contribution in [-0.4, -0.2) is 54.8 Å². The molecule has 5 nitrogen and oxygen atoms in total. The van der Waals surface area contributed by atoms with E-state index in [0.717, 1.165) is 18.7 Å². The number of halogens is 1. The Bertz CT molecular complexity index is 549. The van der Waals surface area contributed by atoms with Crippen molar-refractivity contribution in [2.24, 2.45) is 0 Å². The minimum atomic E-state index is -0.477. The van der Waals surface area contributed by atoms with Crippen molar-refractivity contribution in [2.45, 2.75) is 32.9 Å². The largest absolute Gasteiger partial charge is 0.494 e. The fourth-order valence-corrected chi connectivity index (χ4v) is 2.48.